The van der Waals surface area contributed by atoms with Crippen molar-refractivity contribution >= 4 is 58.6 Å². The van der Waals surface area contributed by atoms with E-state index in [-0.39, 0.29) is 28.9 Å². The van der Waals surface area contributed by atoms with Gasteiger partial charge in [-0.15, -0.1) is 0 Å². The van der Waals surface area contributed by atoms with Crippen LogP contribution in [-0.2, 0) is 14.4 Å². The number of likely N-dealkylation sites (N-methyl/N-ethyl adjacent to an activating group) is 1. The molecule has 0 aromatic heterocycles. The molecular formula is C19H26N2O4S3. The lowest BCUT2D eigenvalue weighted by Gasteiger charge is -2.35. The van der Waals surface area contributed by atoms with E-state index in [1.807, 2.05) is 5.41 Å². The average Bonchev–Trinajstić information content (AvgIpc) is 3.11. The molecule has 1 saturated heterocycles. The van der Waals surface area contributed by atoms with Crippen molar-refractivity contribution in [2.45, 2.75) is 58.3 Å². The molecule has 0 aromatic carbocycles. The minimum Gasteiger partial charge on any atom is -0.481 e. The number of rotatable bonds is 10. The number of hydrogen-bond donors (Lipinski definition) is 1. The number of carboxylic acid groups (broad SMARTS) is 1. The van der Waals surface area contributed by atoms with Crippen LogP contribution in [0.25, 0.3) is 0 Å². The van der Waals surface area contributed by atoms with Gasteiger partial charge in [0.25, 0.3) is 11.8 Å². The minimum atomic E-state index is -0.820. The van der Waals surface area contributed by atoms with Crippen LogP contribution in [0.3, 0.4) is 0 Å². The van der Waals surface area contributed by atoms with Gasteiger partial charge in [-0.1, -0.05) is 49.7 Å². The number of thiocarbonyl (C=S) groups is 1. The SMILES string of the molecule is CCCCCC1=CS/C(=C2/C(=O)N(C)C(=S)N(CCCCCC(=O)O)C2=O)S1. The van der Waals surface area contributed by atoms with E-state index in [1.165, 1.54) is 44.6 Å². The smallest absolute Gasteiger partial charge is 0.303 e. The van der Waals surface area contributed by atoms with E-state index in [1.54, 1.807) is 7.05 Å². The summed E-state index contributed by atoms with van der Waals surface area (Å²) in [5.74, 6) is -1.51. The molecule has 0 atom stereocenters. The van der Waals surface area contributed by atoms with Crippen LogP contribution in [0, 0.1) is 0 Å². The van der Waals surface area contributed by atoms with E-state index in [0.717, 1.165) is 23.5 Å². The first-order chi connectivity index (χ1) is 13.4. The van der Waals surface area contributed by atoms with Crippen molar-refractivity contribution in [1.82, 2.24) is 9.80 Å². The molecule has 28 heavy (non-hydrogen) atoms. The standard InChI is InChI=1S/C19H26N2O4S3/c1-3-4-6-9-13-12-27-18(28-13)15-16(24)20(2)19(26)21(17(15)25)11-8-5-7-10-14(22)23/h12H,3-11H2,1-2H3,(H,22,23)/b18-15+. The van der Waals surface area contributed by atoms with Crippen LogP contribution in [0.5, 0.6) is 0 Å². The number of carbonyl (C=O) groups is 3. The quantitative estimate of drug-likeness (QED) is 0.233. The van der Waals surface area contributed by atoms with Crippen molar-refractivity contribution in [3.63, 3.8) is 0 Å². The molecule has 0 radical (unpaired) electrons. The maximum atomic E-state index is 13.0. The van der Waals surface area contributed by atoms with E-state index >= 15 is 0 Å². The van der Waals surface area contributed by atoms with Gasteiger partial charge in [0.1, 0.15) is 5.57 Å². The topological polar surface area (TPSA) is 77.9 Å². The van der Waals surface area contributed by atoms with Crippen molar-refractivity contribution in [2.75, 3.05) is 13.6 Å². The zero-order valence-corrected chi connectivity index (χ0v) is 18.7. The molecule has 2 aliphatic rings. The molecule has 0 unspecified atom stereocenters. The molecule has 0 aliphatic carbocycles. The normalized spacial score (nSPS) is 20.2. The fraction of sp³-hybridized carbons (Fsp3) is 0.579. The Balaban J connectivity index is 2.04. The van der Waals surface area contributed by atoms with Crippen LogP contribution in [0.15, 0.2) is 20.1 Å². The van der Waals surface area contributed by atoms with Crippen molar-refractivity contribution in [3.8, 4) is 0 Å². The molecule has 0 spiro atoms. The Labute approximate surface area is 179 Å². The van der Waals surface area contributed by atoms with E-state index in [9.17, 15) is 14.4 Å². The second kappa shape index (κ2) is 11.0. The van der Waals surface area contributed by atoms with Gasteiger partial charge in [-0.2, -0.15) is 0 Å². The largest absolute Gasteiger partial charge is 0.481 e. The van der Waals surface area contributed by atoms with Gasteiger partial charge in [0, 0.05) is 20.0 Å². The molecule has 2 amide bonds. The molecule has 2 heterocycles. The van der Waals surface area contributed by atoms with E-state index in [2.05, 4.69) is 6.92 Å². The van der Waals surface area contributed by atoms with Gasteiger partial charge >= 0.3 is 5.97 Å². The van der Waals surface area contributed by atoms with Gasteiger partial charge in [-0.25, -0.2) is 0 Å². The first kappa shape index (κ1) is 23.0. The van der Waals surface area contributed by atoms with Gasteiger partial charge in [0.2, 0.25) is 0 Å². The number of amides is 2. The Hall–Kier alpha value is -1.32. The summed E-state index contributed by atoms with van der Waals surface area (Å²) >= 11 is 8.27. The van der Waals surface area contributed by atoms with Crippen molar-refractivity contribution in [1.29, 1.82) is 0 Å². The third-order valence-electron chi connectivity index (χ3n) is 4.52. The highest BCUT2D eigenvalue weighted by Crippen LogP contribution is 2.48. The molecule has 2 aliphatic heterocycles. The summed E-state index contributed by atoms with van der Waals surface area (Å²) in [6, 6.07) is 0. The fourth-order valence-corrected chi connectivity index (χ4v) is 5.56. The van der Waals surface area contributed by atoms with Crippen molar-refractivity contribution in [3.05, 3.63) is 20.1 Å². The third kappa shape index (κ3) is 5.84. The molecule has 2 rings (SSSR count). The number of carboxylic acids is 1. The van der Waals surface area contributed by atoms with Crippen molar-refractivity contribution in [2.24, 2.45) is 0 Å². The monoisotopic (exact) mass is 442 g/mol. The van der Waals surface area contributed by atoms with Crippen LogP contribution in [0.1, 0.15) is 58.3 Å². The highest BCUT2D eigenvalue weighted by atomic mass is 32.2. The summed E-state index contributed by atoms with van der Waals surface area (Å²) in [5, 5.41) is 11.0. The Morgan fingerprint density at radius 2 is 1.89 bits per heavy atom. The second-order valence-electron chi connectivity index (χ2n) is 6.73. The van der Waals surface area contributed by atoms with E-state index in [4.69, 9.17) is 17.3 Å². The second-order valence-corrected chi connectivity index (χ2v) is 9.37. The molecule has 0 bridgehead atoms. The predicted octanol–water partition coefficient (Wildman–Crippen LogP) is 4.33. The molecular weight excluding hydrogens is 416 g/mol. The number of unbranched alkanes of at least 4 members (excludes halogenated alkanes) is 4. The predicted molar refractivity (Wildman–Crippen MR) is 118 cm³/mol. The summed E-state index contributed by atoms with van der Waals surface area (Å²) in [6.45, 7) is 2.55. The maximum absolute atomic E-state index is 13.0. The Morgan fingerprint density at radius 3 is 2.57 bits per heavy atom. The Bertz CT molecular complexity index is 718. The van der Waals surface area contributed by atoms with Gasteiger partial charge in [-0.3, -0.25) is 24.2 Å². The summed E-state index contributed by atoms with van der Waals surface area (Å²) in [6.07, 6.45) is 6.40. The van der Waals surface area contributed by atoms with Crippen LogP contribution in [-0.4, -0.2) is 51.4 Å². The number of allylic oxidation sites excluding steroid dienone is 1. The number of aliphatic carboxylic acids is 1. The zero-order valence-electron chi connectivity index (χ0n) is 16.2. The maximum Gasteiger partial charge on any atom is 0.303 e. The molecule has 0 aromatic rings. The van der Waals surface area contributed by atoms with Crippen LogP contribution >= 0.6 is 35.7 Å². The number of hydrogen-bond acceptors (Lipinski definition) is 6. The zero-order chi connectivity index (χ0) is 20.7. The minimum absolute atomic E-state index is 0.117. The first-order valence-electron chi connectivity index (χ1n) is 9.50. The summed E-state index contributed by atoms with van der Waals surface area (Å²) in [5.41, 5.74) is 0.193. The summed E-state index contributed by atoms with van der Waals surface area (Å²) in [4.78, 5) is 40.3. The highest BCUT2D eigenvalue weighted by molar-refractivity contribution is 8.28. The molecule has 6 nitrogen and oxygen atoms in total. The Morgan fingerprint density at radius 1 is 1.14 bits per heavy atom. The number of carbonyl (C=O) groups excluding carboxylic acids is 2. The first-order valence-corrected chi connectivity index (χ1v) is 11.6. The van der Waals surface area contributed by atoms with Gasteiger partial charge < -0.3 is 5.11 Å². The lowest BCUT2D eigenvalue weighted by Crippen LogP contribution is -2.55. The lowest BCUT2D eigenvalue weighted by atomic mass is 10.1. The molecule has 9 heteroatoms. The average molecular weight is 443 g/mol. The van der Waals surface area contributed by atoms with Crippen LogP contribution in [0.4, 0.5) is 0 Å². The van der Waals surface area contributed by atoms with Crippen LogP contribution in [0.2, 0.25) is 0 Å². The van der Waals surface area contributed by atoms with Gasteiger partial charge in [-0.05, 0) is 48.2 Å². The molecule has 154 valence electrons. The summed E-state index contributed by atoms with van der Waals surface area (Å²) < 4.78 is 0.728. The number of thioether (sulfide) groups is 2. The lowest BCUT2D eigenvalue weighted by molar-refractivity contribution is -0.137. The fourth-order valence-electron chi connectivity index (χ4n) is 2.90. The van der Waals surface area contributed by atoms with Crippen LogP contribution < -0.4 is 0 Å². The van der Waals surface area contributed by atoms with E-state index < -0.39 is 5.97 Å². The highest BCUT2D eigenvalue weighted by Gasteiger charge is 2.40. The number of nitrogens with zero attached hydrogens (tertiary/aromatic N) is 2. The van der Waals surface area contributed by atoms with Crippen molar-refractivity contribution < 1.29 is 19.5 Å². The molecule has 0 saturated carbocycles. The van der Waals surface area contributed by atoms with Gasteiger partial charge in [0.05, 0.1) is 4.24 Å². The third-order valence-corrected chi connectivity index (χ3v) is 7.50. The Kier molecular flexibility index (Phi) is 9.04. The summed E-state index contributed by atoms with van der Waals surface area (Å²) in [7, 11) is 1.59. The molecule has 1 N–H and O–H groups in total. The molecule has 1 fully saturated rings. The van der Waals surface area contributed by atoms with E-state index in [0.29, 0.717) is 25.8 Å². The van der Waals surface area contributed by atoms with Gasteiger partial charge in [0.15, 0.2) is 5.11 Å².